The van der Waals surface area contributed by atoms with Crippen LogP contribution in [0, 0.1) is 0 Å². The Balaban J connectivity index is 2.00. The zero-order valence-electron chi connectivity index (χ0n) is 8.78. The molecule has 1 aliphatic heterocycles. The number of nitrogens with zero attached hydrogens (tertiary/aromatic N) is 2. The van der Waals surface area contributed by atoms with Crippen molar-refractivity contribution in [2.45, 2.75) is 13.1 Å². The van der Waals surface area contributed by atoms with Gasteiger partial charge in [0, 0.05) is 23.7 Å². The summed E-state index contributed by atoms with van der Waals surface area (Å²) in [6.45, 7) is 2.85. The SMILES string of the molecule is Clc1ccc(-c2cc3n(n2)CCNC3)cc1. The molecule has 0 saturated carbocycles. The molecule has 4 heteroatoms. The van der Waals surface area contributed by atoms with Gasteiger partial charge in [-0.2, -0.15) is 5.10 Å². The highest BCUT2D eigenvalue weighted by Crippen LogP contribution is 2.22. The monoisotopic (exact) mass is 233 g/mol. The van der Waals surface area contributed by atoms with Gasteiger partial charge >= 0.3 is 0 Å². The van der Waals surface area contributed by atoms with Crippen LogP contribution in [-0.4, -0.2) is 16.3 Å². The van der Waals surface area contributed by atoms with Crippen molar-refractivity contribution >= 4 is 11.6 Å². The standard InChI is InChI=1S/C12H12ClN3/c13-10-3-1-9(2-4-10)12-7-11-8-14-5-6-16(11)15-12/h1-4,7,14H,5-6,8H2. The van der Waals surface area contributed by atoms with Gasteiger partial charge in [0.2, 0.25) is 0 Å². The molecule has 0 fully saturated rings. The van der Waals surface area contributed by atoms with Crippen LogP contribution in [0.4, 0.5) is 0 Å². The molecule has 1 aromatic heterocycles. The maximum Gasteiger partial charge on any atom is 0.0926 e. The van der Waals surface area contributed by atoms with Gasteiger partial charge in [0.25, 0.3) is 0 Å². The Labute approximate surface area is 99.0 Å². The fourth-order valence-electron chi connectivity index (χ4n) is 1.95. The van der Waals surface area contributed by atoms with E-state index in [1.54, 1.807) is 0 Å². The quantitative estimate of drug-likeness (QED) is 0.819. The summed E-state index contributed by atoms with van der Waals surface area (Å²) < 4.78 is 2.07. The fraction of sp³-hybridized carbons (Fsp3) is 0.250. The molecular weight excluding hydrogens is 222 g/mol. The molecule has 3 rings (SSSR count). The Morgan fingerprint density at radius 2 is 2.06 bits per heavy atom. The highest BCUT2D eigenvalue weighted by molar-refractivity contribution is 6.30. The van der Waals surface area contributed by atoms with Crippen LogP contribution in [0.5, 0.6) is 0 Å². The van der Waals surface area contributed by atoms with E-state index >= 15 is 0 Å². The number of rotatable bonds is 1. The number of halogens is 1. The van der Waals surface area contributed by atoms with Crippen LogP contribution in [0.15, 0.2) is 30.3 Å². The van der Waals surface area contributed by atoms with Gasteiger partial charge in [0.1, 0.15) is 0 Å². The molecule has 0 atom stereocenters. The fourth-order valence-corrected chi connectivity index (χ4v) is 2.08. The number of hydrogen-bond donors (Lipinski definition) is 1. The Hall–Kier alpha value is -1.32. The largest absolute Gasteiger partial charge is 0.309 e. The molecule has 0 radical (unpaired) electrons. The zero-order chi connectivity index (χ0) is 11.0. The molecular formula is C12H12ClN3. The van der Waals surface area contributed by atoms with Gasteiger partial charge < -0.3 is 5.32 Å². The molecule has 3 nitrogen and oxygen atoms in total. The summed E-state index contributed by atoms with van der Waals surface area (Å²) in [7, 11) is 0. The van der Waals surface area contributed by atoms with Crippen molar-refractivity contribution in [1.29, 1.82) is 0 Å². The lowest BCUT2D eigenvalue weighted by Gasteiger charge is -2.13. The van der Waals surface area contributed by atoms with Gasteiger partial charge in [-0.1, -0.05) is 23.7 Å². The molecule has 0 saturated heterocycles. The van der Waals surface area contributed by atoms with Gasteiger partial charge in [-0.3, -0.25) is 4.68 Å². The van der Waals surface area contributed by atoms with Crippen molar-refractivity contribution in [1.82, 2.24) is 15.1 Å². The Bertz CT molecular complexity index is 478. The summed E-state index contributed by atoms with van der Waals surface area (Å²) in [5, 5.41) is 8.68. The van der Waals surface area contributed by atoms with Crippen molar-refractivity contribution in [3.63, 3.8) is 0 Å². The maximum absolute atomic E-state index is 5.86. The predicted octanol–water partition coefficient (Wildman–Crippen LogP) is 2.31. The average Bonchev–Trinajstić information content (AvgIpc) is 2.73. The number of benzene rings is 1. The predicted molar refractivity (Wildman–Crippen MR) is 64.4 cm³/mol. The summed E-state index contributed by atoms with van der Waals surface area (Å²) in [4.78, 5) is 0. The Kier molecular flexibility index (Phi) is 2.42. The van der Waals surface area contributed by atoms with Crippen LogP contribution >= 0.6 is 11.6 Å². The first-order valence-corrected chi connectivity index (χ1v) is 5.74. The molecule has 16 heavy (non-hydrogen) atoms. The van der Waals surface area contributed by atoms with E-state index in [1.807, 2.05) is 24.3 Å². The second kappa shape index (κ2) is 3.92. The topological polar surface area (TPSA) is 29.9 Å². The van der Waals surface area contributed by atoms with Gasteiger partial charge in [-0.05, 0) is 18.2 Å². The highest BCUT2D eigenvalue weighted by atomic mass is 35.5. The maximum atomic E-state index is 5.86. The number of aromatic nitrogens is 2. The normalized spacial score (nSPS) is 14.8. The number of nitrogens with one attached hydrogen (secondary N) is 1. The smallest absolute Gasteiger partial charge is 0.0926 e. The zero-order valence-corrected chi connectivity index (χ0v) is 9.54. The minimum Gasteiger partial charge on any atom is -0.309 e. The second-order valence-corrected chi connectivity index (χ2v) is 4.36. The molecule has 0 unspecified atom stereocenters. The molecule has 2 aromatic rings. The van der Waals surface area contributed by atoms with E-state index in [0.717, 1.165) is 35.9 Å². The third kappa shape index (κ3) is 1.72. The first kappa shape index (κ1) is 9.87. The molecule has 0 amide bonds. The molecule has 1 N–H and O–H groups in total. The number of fused-ring (bicyclic) bond motifs is 1. The molecule has 0 aliphatic carbocycles. The summed E-state index contributed by atoms with van der Waals surface area (Å²) >= 11 is 5.86. The van der Waals surface area contributed by atoms with Crippen molar-refractivity contribution in [2.24, 2.45) is 0 Å². The van der Waals surface area contributed by atoms with E-state index in [0.29, 0.717) is 0 Å². The van der Waals surface area contributed by atoms with Crippen molar-refractivity contribution in [3.8, 4) is 11.3 Å². The van der Waals surface area contributed by atoms with Gasteiger partial charge in [0.15, 0.2) is 0 Å². The lowest BCUT2D eigenvalue weighted by Crippen LogP contribution is -2.28. The molecule has 0 spiro atoms. The van der Waals surface area contributed by atoms with E-state index in [-0.39, 0.29) is 0 Å². The van der Waals surface area contributed by atoms with E-state index in [9.17, 15) is 0 Å². The lowest BCUT2D eigenvalue weighted by molar-refractivity contribution is 0.476. The number of hydrogen-bond acceptors (Lipinski definition) is 2. The third-order valence-corrected chi connectivity index (χ3v) is 3.06. The van der Waals surface area contributed by atoms with Crippen LogP contribution in [0.3, 0.4) is 0 Å². The van der Waals surface area contributed by atoms with Gasteiger partial charge in [-0.15, -0.1) is 0 Å². The molecule has 1 aromatic carbocycles. The first-order valence-electron chi connectivity index (χ1n) is 5.36. The lowest BCUT2D eigenvalue weighted by atomic mass is 10.1. The minimum absolute atomic E-state index is 0.759. The average molecular weight is 234 g/mol. The summed E-state index contributed by atoms with van der Waals surface area (Å²) in [6, 6.07) is 9.94. The van der Waals surface area contributed by atoms with Gasteiger partial charge in [-0.25, -0.2) is 0 Å². The van der Waals surface area contributed by atoms with Crippen LogP contribution in [0.1, 0.15) is 5.69 Å². The van der Waals surface area contributed by atoms with Crippen LogP contribution in [0.25, 0.3) is 11.3 Å². The molecule has 2 heterocycles. The van der Waals surface area contributed by atoms with Crippen LogP contribution < -0.4 is 5.32 Å². The molecule has 0 bridgehead atoms. The van der Waals surface area contributed by atoms with E-state index in [1.165, 1.54) is 5.69 Å². The highest BCUT2D eigenvalue weighted by Gasteiger charge is 2.12. The van der Waals surface area contributed by atoms with Crippen LogP contribution in [0.2, 0.25) is 5.02 Å². The first-order chi connectivity index (χ1) is 7.83. The second-order valence-electron chi connectivity index (χ2n) is 3.93. The van der Waals surface area contributed by atoms with Crippen molar-refractivity contribution in [2.75, 3.05) is 6.54 Å². The van der Waals surface area contributed by atoms with Crippen molar-refractivity contribution in [3.05, 3.63) is 41.0 Å². The molecule has 1 aliphatic rings. The Morgan fingerprint density at radius 1 is 1.25 bits per heavy atom. The minimum atomic E-state index is 0.759. The summed E-state index contributed by atoms with van der Waals surface area (Å²) in [5.41, 5.74) is 3.39. The van der Waals surface area contributed by atoms with Crippen molar-refractivity contribution < 1.29 is 0 Å². The van der Waals surface area contributed by atoms with E-state index in [4.69, 9.17) is 11.6 Å². The molecule has 82 valence electrons. The Morgan fingerprint density at radius 3 is 2.81 bits per heavy atom. The van der Waals surface area contributed by atoms with E-state index in [2.05, 4.69) is 21.2 Å². The third-order valence-electron chi connectivity index (χ3n) is 2.81. The van der Waals surface area contributed by atoms with Crippen LogP contribution in [-0.2, 0) is 13.1 Å². The van der Waals surface area contributed by atoms with Gasteiger partial charge in [0.05, 0.1) is 17.9 Å². The summed E-state index contributed by atoms with van der Waals surface area (Å²) in [5.74, 6) is 0. The van der Waals surface area contributed by atoms with E-state index < -0.39 is 0 Å². The summed E-state index contributed by atoms with van der Waals surface area (Å²) in [6.07, 6.45) is 0.